The van der Waals surface area contributed by atoms with Crippen molar-refractivity contribution in [3.63, 3.8) is 0 Å². The largest absolute Gasteiger partial charge is 0.482 e. The Kier molecular flexibility index (Phi) is 6.69. The lowest BCUT2D eigenvalue weighted by Gasteiger charge is -2.28. The van der Waals surface area contributed by atoms with Crippen molar-refractivity contribution >= 4 is 40.8 Å². The SMILES string of the molecule is O=C(COC(=O)CCN1C(=O)COc2ccccc21)Nc1c(Cl)cccc1C(F)(F)F. The first kappa shape index (κ1) is 22.4. The highest BCUT2D eigenvalue weighted by Gasteiger charge is 2.35. The minimum absolute atomic E-state index is 0.0115. The quantitative estimate of drug-likeness (QED) is 0.671. The summed E-state index contributed by atoms with van der Waals surface area (Å²) in [5.74, 6) is -1.64. The Morgan fingerprint density at radius 2 is 1.90 bits per heavy atom. The molecule has 164 valence electrons. The number of carbonyl (C=O) groups excluding carboxylic acids is 3. The first-order valence-electron chi connectivity index (χ1n) is 9.00. The van der Waals surface area contributed by atoms with Gasteiger partial charge in [0.2, 0.25) is 0 Å². The molecule has 31 heavy (non-hydrogen) atoms. The van der Waals surface area contributed by atoms with E-state index in [1.165, 1.54) is 11.0 Å². The summed E-state index contributed by atoms with van der Waals surface area (Å²) < 4.78 is 49.3. The average molecular weight is 457 g/mol. The predicted octanol–water partition coefficient (Wildman–Crippen LogP) is 3.66. The third kappa shape index (κ3) is 5.46. The molecule has 1 aliphatic rings. The van der Waals surface area contributed by atoms with Gasteiger partial charge in [-0.1, -0.05) is 29.8 Å². The molecule has 7 nitrogen and oxygen atoms in total. The topological polar surface area (TPSA) is 84.9 Å². The van der Waals surface area contributed by atoms with Crippen LogP contribution in [0, 0.1) is 0 Å². The standard InChI is InChI=1S/C20H16ClF3N2O5/c21-13-5-3-4-12(20(22,23)24)19(13)25-16(27)10-31-18(29)8-9-26-14-6-1-2-7-15(14)30-11-17(26)28/h1-7H,8-11H2,(H,25,27). The molecule has 0 fully saturated rings. The summed E-state index contributed by atoms with van der Waals surface area (Å²) in [6.45, 7) is -0.995. The van der Waals surface area contributed by atoms with Crippen LogP contribution in [0.25, 0.3) is 0 Å². The van der Waals surface area contributed by atoms with Gasteiger partial charge in [0.25, 0.3) is 11.8 Å². The van der Waals surface area contributed by atoms with E-state index in [-0.39, 0.29) is 30.5 Å². The number of fused-ring (bicyclic) bond motifs is 1. The van der Waals surface area contributed by atoms with E-state index in [0.29, 0.717) is 11.4 Å². The van der Waals surface area contributed by atoms with Crippen molar-refractivity contribution in [2.75, 3.05) is 30.0 Å². The Morgan fingerprint density at radius 3 is 2.65 bits per heavy atom. The van der Waals surface area contributed by atoms with Gasteiger partial charge in [0.15, 0.2) is 13.2 Å². The molecule has 0 unspecified atom stereocenters. The molecule has 1 heterocycles. The number of esters is 1. The highest BCUT2D eigenvalue weighted by molar-refractivity contribution is 6.34. The van der Waals surface area contributed by atoms with Crippen LogP contribution in [0.5, 0.6) is 5.75 Å². The minimum Gasteiger partial charge on any atom is -0.482 e. The summed E-state index contributed by atoms with van der Waals surface area (Å²) in [5.41, 5.74) is -1.24. The van der Waals surface area contributed by atoms with Crippen LogP contribution in [0.15, 0.2) is 42.5 Å². The lowest BCUT2D eigenvalue weighted by molar-refractivity contribution is -0.147. The number of para-hydroxylation sites is 3. The van der Waals surface area contributed by atoms with Crippen LogP contribution in [0.3, 0.4) is 0 Å². The Balaban J connectivity index is 1.54. The van der Waals surface area contributed by atoms with Gasteiger partial charge in [0.05, 0.1) is 28.4 Å². The summed E-state index contributed by atoms with van der Waals surface area (Å²) >= 11 is 5.76. The van der Waals surface area contributed by atoms with Crippen LogP contribution in [-0.4, -0.2) is 37.5 Å². The summed E-state index contributed by atoms with van der Waals surface area (Å²) in [6.07, 6.45) is -4.96. The molecule has 2 aromatic rings. The molecule has 0 bridgehead atoms. The number of nitrogens with zero attached hydrogens (tertiary/aromatic N) is 1. The van der Waals surface area contributed by atoms with Gasteiger partial charge in [-0.2, -0.15) is 13.2 Å². The van der Waals surface area contributed by atoms with E-state index in [2.05, 4.69) is 0 Å². The number of nitrogens with one attached hydrogen (secondary N) is 1. The highest BCUT2D eigenvalue weighted by Crippen LogP contribution is 2.38. The molecule has 2 aromatic carbocycles. The van der Waals surface area contributed by atoms with E-state index < -0.39 is 35.9 Å². The van der Waals surface area contributed by atoms with Crippen molar-refractivity contribution in [1.29, 1.82) is 0 Å². The van der Waals surface area contributed by atoms with Gasteiger partial charge in [0, 0.05) is 6.54 Å². The fourth-order valence-electron chi connectivity index (χ4n) is 2.88. The number of hydrogen-bond acceptors (Lipinski definition) is 5. The van der Waals surface area contributed by atoms with Crippen molar-refractivity contribution in [3.8, 4) is 5.75 Å². The van der Waals surface area contributed by atoms with Crippen LogP contribution < -0.4 is 15.0 Å². The van der Waals surface area contributed by atoms with E-state index in [4.69, 9.17) is 21.1 Å². The lowest BCUT2D eigenvalue weighted by Crippen LogP contribution is -2.40. The summed E-state index contributed by atoms with van der Waals surface area (Å²) in [7, 11) is 0. The van der Waals surface area contributed by atoms with Crippen molar-refractivity contribution in [3.05, 3.63) is 53.1 Å². The molecule has 11 heteroatoms. The van der Waals surface area contributed by atoms with Gasteiger partial charge < -0.3 is 19.7 Å². The van der Waals surface area contributed by atoms with Crippen molar-refractivity contribution in [2.24, 2.45) is 0 Å². The predicted molar refractivity (Wildman–Crippen MR) is 105 cm³/mol. The lowest BCUT2D eigenvalue weighted by atomic mass is 10.1. The number of halogens is 4. The van der Waals surface area contributed by atoms with Gasteiger partial charge in [-0.25, -0.2) is 0 Å². The van der Waals surface area contributed by atoms with Crippen LogP contribution in [-0.2, 0) is 25.3 Å². The number of rotatable bonds is 6. The fraction of sp³-hybridized carbons (Fsp3) is 0.250. The maximum atomic E-state index is 13.1. The Bertz CT molecular complexity index is 1010. The van der Waals surface area contributed by atoms with Crippen molar-refractivity contribution in [2.45, 2.75) is 12.6 Å². The van der Waals surface area contributed by atoms with E-state index in [0.717, 1.165) is 12.1 Å². The number of amides is 2. The van der Waals surface area contributed by atoms with E-state index in [1.807, 2.05) is 5.32 Å². The Hall–Kier alpha value is -3.27. The number of anilines is 2. The number of benzene rings is 2. The zero-order valence-corrected chi connectivity index (χ0v) is 16.6. The van der Waals surface area contributed by atoms with Gasteiger partial charge in [-0.3, -0.25) is 14.4 Å². The number of ether oxygens (including phenoxy) is 2. The second kappa shape index (κ2) is 9.25. The molecule has 1 aliphatic heterocycles. The average Bonchev–Trinajstić information content (AvgIpc) is 2.72. The monoisotopic (exact) mass is 456 g/mol. The van der Waals surface area contributed by atoms with Gasteiger partial charge >= 0.3 is 12.1 Å². The number of carbonyl (C=O) groups is 3. The van der Waals surface area contributed by atoms with Gasteiger partial charge in [-0.15, -0.1) is 0 Å². The second-order valence-corrected chi connectivity index (χ2v) is 6.83. The molecule has 0 saturated heterocycles. The molecule has 0 saturated carbocycles. The van der Waals surface area contributed by atoms with E-state index in [9.17, 15) is 27.6 Å². The molecule has 2 amide bonds. The minimum atomic E-state index is -4.73. The first-order chi connectivity index (χ1) is 14.7. The molecule has 0 radical (unpaired) electrons. The molecule has 3 rings (SSSR count). The normalized spacial score (nSPS) is 13.3. The zero-order valence-electron chi connectivity index (χ0n) is 15.9. The second-order valence-electron chi connectivity index (χ2n) is 6.42. The summed E-state index contributed by atoms with van der Waals surface area (Å²) in [6, 6.07) is 9.85. The van der Waals surface area contributed by atoms with Crippen LogP contribution in [0.2, 0.25) is 5.02 Å². The smallest absolute Gasteiger partial charge is 0.418 e. The van der Waals surface area contributed by atoms with Crippen molar-refractivity contribution in [1.82, 2.24) is 0 Å². The third-order valence-corrected chi connectivity index (χ3v) is 4.61. The zero-order chi connectivity index (χ0) is 22.6. The van der Waals surface area contributed by atoms with Crippen molar-refractivity contribution < 1.29 is 37.0 Å². The van der Waals surface area contributed by atoms with E-state index in [1.54, 1.807) is 24.3 Å². The summed E-state index contributed by atoms with van der Waals surface area (Å²) in [5, 5.41) is 1.71. The third-order valence-electron chi connectivity index (χ3n) is 4.30. The van der Waals surface area contributed by atoms with Crippen LogP contribution >= 0.6 is 11.6 Å². The highest BCUT2D eigenvalue weighted by atomic mass is 35.5. The number of alkyl halides is 3. The Morgan fingerprint density at radius 1 is 1.16 bits per heavy atom. The van der Waals surface area contributed by atoms with Gasteiger partial charge in [-0.05, 0) is 24.3 Å². The molecule has 1 N–H and O–H groups in total. The van der Waals surface area contributed by atoms with E-state index >= 15 is 0 Å². The van der Waals surface area contributed by atoms with Crippen LogP contribution in [0.1, 0.15) is 12.0 Å². The molecule has 0 aliphatic carbocycles. The fourth-order valence-corrected chi connectivity index (χ4v) is 3.11. The first-order valence-corrected chi connectivity index (χ1v) is 9.38. The molecular formula is C20H16ClF3N2O5. The van der Waals surface area contributed by atoms with Gasteiger partial charge in [0.1, 0.15) is 5.75 Å². The maximum Gasteiger partial charge on any atom is 0.418 e. The maximum absolute atomic E-state index is 13.1. The molecular weight excluding hydrogens is 441 g/mol. The molecule has 0 atom stereocenters. The molecule has 0 spiro atoms. The van der Waals surface area contributed by atoms with Crippen LogP contribution in [0.4, 0.5) is 24.5 Å². The Labute approximate surface area is 179 Å². The summed E-state index contributed by atoms with van der Waals surface area (Å²) in [4.78, 5) is 37.4. The molecule has 0 aromatic heterocycles. The number of hydrogen-bond donors (Lipinski definition) is 1.